The van der Waals surface area contributed by atoms with Gasteiger partial charge in [0.15, 0.2) is 0 Å². The Morgan fingerprint density at radius 2 is 1.76 bits per heavy atom. The number of hydrogen-bond acceptors (Lipinski definition) is 4. The van der Waals surface area contributed by atoms with Gasteiger partial charge in [-0.2, -0.15) is 4.31 Å². The highest BCUT2D eigenvalue weighted by Crippen LogP contribution is 2.26. The predicted octanol–water partition coefficient (Wildman–Crippen LogP) is 5.18. The zero-order valence-electron chi connectivity index (χ0n) is 18.2. The average molecular weight is 507 g/mol. The van der Waals surface area contributed by atoms with Crippen molar-refractivity contribution in [3.8, 4) is 5.75 Å². The zero-order chi connectivity index (χ0) is 24.0. The Morgan fingerprint density at radius 1 is 1.03 bits per heavy atom. The van der Waals surface area contributed by atoms with Crippen LogP contribution in [0.15, 0.2) is 71.6 Å². The number of aryl methyl sites for hydroxylation is 1. The van der Waals surface area contributed by atoms with Gasteiger partial charge in [0.2, 0.25) is 15.9 Å². The molecule has 0 aliphatic heterocycles. The highest BCUT2D eigenvalue weighted by atomic mass is 35.5. The summed E-state index contributed by atoms with van der Waals surface area (Å²) in [5.74, 6) is 0.0704. The quantitative estimate of drug-likeness (QED) is 0.433. The third kappa shape index (κ3) is 6.48. The van der Waals surface area contributed by atoms with Crippen LogP contribution in [0.2, 0.25) is 10.0 Å². The van der Waals surface area contributed by atoms with E-state index in [0.29, 0.717) is 28.4 Å². The second-order valence-corrected chi connectivity index (χ2v) is 10.2. The normalized spacial score (nSPS) is 11.4. The molecule has 9 heteroatoms. The molecule has 0 aliphatic carbocycles. The number of amides is 1. The van der Waals surface area contributed by atoms with Gasteiger partial charge in [0.05, 0.1) is 29.3 Å². The average Bonchev–Trinajstić information content (AvgIpc) is 2.79. The molecule has 174 valence electrons. The van der Waals surface area contributed by atoms with Gasteiger partial charge in [-0.05, 0) is 60.9 Å². The van der Waals surface area contributed by atoms with Crippen LogP contribution in [0.1, 0.15) is 11.1 Å². The van der Waals surface area contributed by atoms with Gasteiger partial charge >= 0.3 is 0 Å². The number of carbonyl (C=O) groups is 1. The number of methoxy groups -OCH3 is 1. The van der Waals surface area contributed by atoms with Gasteiger partial charge in [-0.1, -0.05) is 53.5 Å². The molecule has 6 nitrogen and oxygen atoms in total. The second-order valence-electron chi connectivity index (χ2n) is 7.38. The fourth-order valence-corrected chi connectivity index (χ4v) is 5.22. The maximum absolute atomic E-state index is 13.5. The van der Waals surface area contributed by atoms with E-state index in [9.17, 15) is 13.2 Å². The lowest BCUT2D eigenvalue weighted by atomic mass is 10.1. The molecule has 0 spiro atoms. The number of halogens is 2. The van der Waals surface area contributed by atoms with Gasteiger partial charge in [-0.3, -0.25) is 4.79 Å². The zero-order valence-corrected chi connectivity index (χ0v) is 20.5. The number of nitrogens with zero attached hydrogens (tertiary/aromatic N) is 1. The molecule has 0 radical (unpaired) electrons. The molecule has 1 amide bonds. The monoisotopic (exact) mass is 506 g/mol. The van der Waals surface area contributed by atoms with Crippen LogP contribution in [0.4, 0.5) is 5.69 Å². The lowest BCUT2D eigenvalue weighted by Gasteiger charge is -2.22. The predicted molar refractivity (Wildman–Crippen MR) is 132 cm³/mol. The standard InChI is InChI=1S/C24H24Cl2N2O4S/c1-17-14-20(9-11-23(17)32-2)33(30,31)28(13-12-18-6-4-3-5-7-18)16-24(29)27-22-10-8-19(25)15-21(22)26/h3-11,14-15H,12-13,16H2,1-2H3,(H,27,29). The summed E-state index contributed by atoms with van der Waals surface area (Å²) in [5.41, 5.74) is 2.00. The third-order valence-corrected chi connectivity index (χ3v) is 7.41. The van der Waals surface area contributed by atoms with Crippen molar-refractivity contribution in [1.82, 2.24) is 4.31 Å². The number of ether oxygens (including phenoxy) is 1. The number of rotatable bonds is 9. The van der Waals surface area contributed by atoms with Crippen LogP contribution in [0.5, 0.6) is 5.75 Å². The van der Waals surface area contributed by atoms with Gasteiger partial charge in [0, 0.05) is 11.6 Å². The molecule has 0 aliphatic rings. The summed E-state index contributed by atoms with van der Waals surface area (Å²) in [6, 6.07) is 18.8. The number of anilines is 1. The van der Waals surface area contributed by atoms with Crippen molar-refractivity contribution in [1.29, 1.82) is 0 Å². The molecule has 0 atom stereocenters. The third-order valence-electron chi connectivity index (χ3n) is 5.02. The molecule has 3 rings (SSSR count). The maximum Gasteiger partial charge on any atom is 0.243 e. The summed E-state index contributed by atoms with van der Waals surface area (Å²) in [4.78, 5) is 12.9. The molecule has 3 aromatic carbocycles. The maximum atomic E-state index is 13.5. The first-order chi connectivity index (χ1) is 15.7. The van der Waals surface area contributed by atoms with Gasteiger partial charge in [-0.15, -0.1) is 0 Å². The molecule has 1 N–H and O–H groups in total. The van der Waals surface area contributed by atoms with E-state index in [-0.39, 0.29) is 23.0 Å². The topological polar surface area (TPSA) is 75.7 Å². The number of carbonyl (C=O) groups excluding carboxylic acids is 1. The Bertz CT molecular complexity index is 1230. The number of sulfonamides is 1. The van der Waals surface area contributed by atoms with Crippen molar-refractivity contribution in [2.75, 3.05) is 25.5 Å². The Kier molecular flexibility index (Phi) is 8.37. The summed E-state index contributed by atoms with van der Waals surface area (Å²) in [7, 11) is -2.44. The van der Waals surface area contributed by atoms with E-state index in [1.165, 1.54) is 29.6 Å². The molecular weight excluding hydrogens is 483 g/mol. The minimum atomic E-state index is -3.96. The highest BCUT2D eigenvalue weighted by molar-refractivity contribution is 7.89. The lowest BCUT2D eigenvalue weighted by molar-refractivity contribution is -0.116. The van der Waals surface area contributed by atoms with Crippen LogP contribution in [-0.4, -0.2) is 38.8 Å². The van der Waals surface area contributed by atoms with E-state index in [1.54, 1.807) is 25.1 Å². The molecule has 0 aromatic heterocycles. The fraction of sp³-hybridized carbons (Fsp3) is 0.208. The summed E-state index contributed by atoms with van der Waals surface area (Å²) >= 11 is 12.0. The van der Waals surface area contributed by atoms with Crippen LogP contribution in [0.25, 0.3) is 0 Å². The smallest absolute Gasteiger partial charge is 0.243 e. The van der Waals surface area contributed by atoms with E-state index in [0.717, 1.165) is 5.56 Å². The first-order valence-corrected chi connectivity index (χ1v) is 12.3. The fourth-order valence-electron chi connectivity index (χ4n) is 3.28. The molecule has 3 aromatic rings. The van der Waals surface area contributed by atoms with Gasteiger partial charge in [0.25, 0.3) is 0 Å². The summed E-state index contributed by atoms with van der Waals surface area (Å²) in [5, 5.41) is 3.36. The molecule has 0 saturated carbocycles. The molecular formula is C24H24Cl2N2O4S. The Morgan fingerprint density at radius 3 is 2.39 bits per heavy atom. The van der Waals surface area contributed by atoms with Gasteiger partial charge in [-0.25, -0.2) is 8.42 Å². The molecule has 0 saturated heterocycles. The molecule has 0 heterocycles. The molecule has 0 unspecified atom stereocenters. The van der Waals surface area contributed by atoms with Crippen molar-refractivity contribution in [2.45, 2.75) is 18.2 Å². The Labute approximate surface area is 204 Å². The van der Waals surface area contributed by atoms with E-state index >= 15 is 0 Å². The largest absolute Gasteiger partial charge is 0.496 e. The van der Waals surface area contributed by atoms with E-state index in [4.69, 9.17) is 27.9 Å². The number of benzene rings is 3. The van der Waals surface area contributed by atoms with Crippen LogP contribution < -0.4 is 10.1 Å². The van der Waals surface area contributed by atoms with Crippen molar-refractivity contribution in [3.63, 3.8) is 0 Å². The Hall–Kier alpha value is -2.58. The van der Waals surface area contributed by atoms with Gasteiger partial charge in [0.1, 0.15) is 5.75 Å². The highest BCUT2D eigenvalue weighted by Gasteiger charge is 2.27. The van der Waals surface area contributed by atoms with Crippen molar-refractivity contribution < 1.29 is 17.9 Å². The van der Waals surface area contributed by atoms with Gasteiger partial charge < -0.3 is 10.1 Å². The van der Waals surface area contributed by atoms with E-state index in [2.05, 4.69) is 5.32 Å². The SMILES string of the molecule is COc1ccc(S(=O)(=O)N(CCc2ccccc2)CC(=O)Nc2ccc(Cl)cc2Cl)cc1C. The number of hydrogen-bond donors (Lipinski definition) is 1. The van der Waals surface area contributed by atoms with Crippen LogP contribution in [0, 0.1) is 6.92 Å². The first-order valence-electron chi connectivity index (χ1n) is 10.1. The Balaban J connectivity index is 1.86. The molecule has 33 heavy (non-hydrogen) atoms. The minimum absolute atomic E-state index is 0.0891. The summed E-state index contributed by atoms with van der Waals surface area (Å²) in [6.45, 7) is 1.51. The summed E-state index contributed by atoms with van der Waals surface area (Å²) < 4.78 is 33.3. The van der Waals surface area contributed by atoms with Crippen molar-refractivity contribution in [2.24, 2.45) is 0 Å². The second kappa shape index (κ2) is 11.0. The first kappa shape index (κ1) is 25.1. The summed E-state index contributed by atoms with van der Waals surface area (Å²) in [6.07, 6.45) is 0.449. The van der Waals surface area contributed by atoms with E-state index < -0.39 is 15.9 Å². The minimum Gasteiger partial charge on any atom is -0.496 e. The van der Waals surface area contributed by atoms with Crippen LogP contribution in [0.3, 0.4) is 0 Å². The molecule has 0 bridgehead atoms. The van der Waals surface area contributed by atoms with Crippen molar-refractivity contribution >= 4 is 44.8 Å². The number of nitrogens with one attached hydrogen (secondary N) is 1. The molecule has 0 fully saturated rings. The lowest BCUT2D eigenvalue weighted by Crippen LogP contribution is -2.39. The van der Waals surface area contributed by atoms with E-state index in [1.807, 2.05) is 30.3 Å². The van der Waals surface area contributed by atoms with Crippen LogP contribution in [-0.2, 0) is 21.2 Å². The van der Waals surface area contributed by atoms with Crippen LogP contribution >= 0.6 is 23.2 Å². The van der Waals surface area contributed by atoms with Crippen molar-refractivity contribution in [3.05, 3.63) is 87.9 Å².